The van der Waals surface area contributed by atoms with Gasteiger partial charge in [-0.2, -0.15) is 5.10 Å². The number of nitrogens with zero attached hydrogens (tertiary/aromatic N) is 2. The molecule has 1 aromatic carbocycles. The lowest BCUT2D eigenvalue weighted by Gasteiger charge is -2.25. The average Bonchev–Trinajstić information content (AvgIpc) is 2.74. The molecule has 2 heterocycles. The van der Waals surface area contributed by atoms with Gasteiger partial charge in [0.2, 0.25) is 5.91 Å². The number of thioether (sulfide) groups is 1. The third-order valence-electron chi connectivity index (χ3n) is 4.29. The monoisotopic (exact) mass is 315 g/mol. The summed E-state index contributed by atoms with van der Waals surface area (Å²) in [4.78, 5) is 13.7. The van der Waals surface area contributed by atoms with Crippen LogP contribution >= 0.6 is 11.8 Å². The van der Waals surface area contributed by atoms with Crippen LogP contribution in [-0.4, -0.2) is 21.4 Å². The number of benzene rings is 1. The molecule has 1 N–H and O–H groups in total. The van der Waals surface area contributed by atoms with Crippen molar-refractivity contribution in [1.29, 1.82) is 0 Å². The summed E-state index contributed by atoms with van der Waals surface area (Å²) in [5, 5.41) is 7.58. The molecule has 1 aliphatic rings. The van der Waals surface area contributed by atoms with Crippen LogP contribution in [0.25, 0.3) is 0 Å². The van der Waals surface area contributed by atoms with Gasteiger partial charge in [-0.3, -0.25) is 9.48 Å². The highest BCUT2D eigenvalue weighted by atomic mass is 32.2. The lowest BCUT2D eigenvalue weighted by Crippen LogP contribution is -2.32. The Kier molecular flexibility index (Phi) is 4.25. The third-order valence-corrected chi connectivity index (χ3v) is 5.41. The van der Waals surface area contributed by atoms with Gasteiger partial charge in [0.15, 0.2) is 0 Å². The number of carbonyl (C=O) groups is 1. The van der Waals surface area contributed by atoms with E-state index in [0.717, 1.165) is 29.1 Å². The molecule has 5 heteroatoms. The first-order valence-electron chi connectivity index (χ1n) is 7.56. The number of aromatic nitrogens is 2. The number of nitrogens with one attached hydrogen (secondary N) is 1. The Hall–Kier alpha value is -1.75. The molecule has 0 saturated carbocycles. The average molecular weight is 315 g/mol. The van der Waals surface area contributed by atoms with Crippen LogP contribution in [-0.2, 0) is 18.3 Å². The molecule has 22 heavy (non-hydrogen) atoms. The van der Waals surface area contributed by atoms with Crippen LogP contribution in [0.2, 0.25) is 0 Å². The molecule has 1 aliphatic heterocycles. The van der Waals surface area contributed by atoms with Crippen molar-refractivity contribution in [3.8, 4) is 0 Å². The minimum atomic E-state index is 0.0749. The first kappa shape index (κ1) is 15.2. The second-order valence-electron chi connectivity index (χ2n) is 5.74. The van der Waals surface area contributed by atoms with Crippen molar-refractivity contribution in [2.45, 2.75) is 37.6 Å². The predicted molar refractivity (Wildman–Crippen MR) is 89.1 cm³/mol. The Morgan fingerprint density at radius 1 is 1.41 bits per heavy atom. The first-order chi connectivity index (χ1) is 10.6. The molecular formula is C17H21N3OS. The number of carbonyl (C=O) groups excluding carboxylic acids is 1. The molecule has 0 bridgehead atoms. The molecule has 0 aliphatic carbocycles. The largest absolute Gasteiger partial charge is 0.349 e. The molecule has 1 aromatic heterocycles. The zero-order valence-corrected chi connectivity index (χ0v) is 14.0. The van der Waals surface area contributed by atoms with Gasteiger partial charge >= 0.3 is 0 Å². The molecule has 0 spiro atoms. The fourth-order valence-corrected chi connectivity index (χ4v) is 4.10. The number of aryl methyl sites for hydroxylation is 2. The Morgan fingerprint density at radius 3 is 2.91 bits per heavy atom. The highest BCUT2D eigenvalue weighted by molar-refractivity contribution is 7.99. The Bertz CT molecular complexity index is 708. The summed E-state index contributed by atoms with van der Waals surface area (Å²) >= 11 is 1.87. The molecular weight excluding hydrogens is 294 g/mol. The Morgan fingerprint density at radius 2 is 2.18 bits per heavy atom. The van der Waals surface area contributed by atoms with Gasteiger partial charge in [0.1, 0.15) is 0 Å². The van der Waals surface area contributed by atoms with E-state index in [1.54, 1.807) is 0 Å². The predicted octanol–water partition coefficient (Wildman–Crippen LogP) is 2.93. The van der Waals surface area contributed by atoms with E-state index in [0.29, 0.717) is 6.42 Å². The fourth-order valence-electron chi connectivity index (χ4n) is 2.97. The van der Waals surface area contributed by atoms with Gasteiger partial charge in [-0.25, -0.2) is 0 Å². The first-order valence-corrected chi connectivity index (χ1v) is 8.55. The van der Waals surface area contributed by atoms with Crippen LogP contribution in [0, 0.1) is 13.8 Å². The highest BCUT2D eigenvalue weighted by Crippen LogP contribution is 2.35. The van der Waals surface area contributed by atoms with Crippen molar-refractivity contribution in [2.75, 3.05) is 5.75 Å². The summed E-state index contributed by atoms with van der Waals surface area (Å²) in [6.07, 6.45) is 1.38. The third kappa shape index (κ3) is 2.90. The fraction of sp³-hybridized carbons (Fsp3) is 0.412. The lowest BCUT2D eigenvalue weighted by atomic mass is 10.0. The van der Waals surface area contributed by atoms with Gasteiger partial charge in [0.05, 0.1) is 18.2 Å². The van der Waals surface area contributed by atoms with E-state index in [1.165, 1.54) is 10.5 Å². The maximum absolute atomic E-state index is 12.4. The molecule has 3 rings (SSSR count). The smallest absolute Gasteiger partial charge is 0.225 e. The number of fused-ring (bicyclic) bond motifs is 1. The van der Waals surface area contributed by atoms with Gasteiger partial charge in [0.25, 0.3) is 0 Å². The van der Waals surface area contributed by atoms with Crippen molar-refractivity contribution < 1.29 is 4.79 Å². The summed E-state index contributed by atoms with van der Waals surface area (Å²) in [5.74, 6) is 1.12. The summed E-state index contributed by atoms with van der Waals surface area (Å²) in [6.45, 7) is 3.97. The second-order valence-corrected chi connectivity index (χ2v) is 6.88. The second kappa shape index (κ2) is 6.16. The van der Waals surface area contributed by atoms with Crippen molar-refractivity contribution in [1.82, 2.24) is 15.1 Å². The summed E-state index contributed by atoms with van der Waals surface area (Å²) in [6, 6.07) is 8.47. The van der Waals surface area contributed by atoms with E-state index in [4.69, 9.17) is 0 Å². The van der Waals surface area contributed by atoms with Gasteiger partial charge in [-0.1, -0.05) is 18.2 Å². The number of rotatable bonds is 3. The SMILES string of the molecule is Cc1nn(C)c(C)c1CC(=O)NC1CCSc2ccccc21. The van der Waals surface area contributed by atoms with Crippen molar-refractivity contribution >= 4 is 17.7 Å². The molecule has 116 valence electrons. The van der Waals surface area contributed by atoms with Gasteiger partial charge < -0.3 is 5.32 Å². The minimum absolute atomic E-state index is 0.0749. The van der Waals surface area contributed by atoms with E-state index in [9.17, 15) is 4.79 Å². The van der Waals surface area contributed by atoms with Crippen LogP contribution in [0.15, 0.2) is 29.2 Å². The van der Waals surface area contributed by atoms with Gasteiger partial charge in [0, 0.05) is 29.0 Å². The van der Waals surface area contributed by atoms with Crippen LogP contribution < -0.4 is 5.32 Å². The topological polar surface area (TPSA) is 46.9 Å². The van der Waals surface area contributed by atoms with E-state index < -0.39 is 0 Å². The Labute approximate surface area is 135 Å². The summed E-state index contributed by atoms with van der Waals surface area (Å²) in [5.41, 5.74) is 4.28. The van der Waals surface area contributed by atoms with Crippen LogP contribution in [0.5, 0.6) is 0 Å². The molecule has 1 unspecified atom stereocenters. The highest BCUT2D eigenvalue weighted by Gasteiger charge is 2.22. The quantitative estimate of drug-likeness (QED) is 0.947. The minimum Gasteiger partial charge on any atom is -0.349 e. The molecule has 2 aromatic rings. The van der Waals surface area contributed by atoms with E-state index in [2.05, 4.69) is 28.6 Å². The summed E-state index contributed by atoms with van der Waals surface area (Å²) < 4.78 is 1.84. The molecule has 4 nitrogen and oxygen atoms in total. The standard InChI is InChI=1S/C17H21N3OS/c1-11-14(12(2)20(3)19-11)10-17(21)18-15-8-9-22-16-7-5-4-6-13(15)16/h4-7,15H,8-10H2,1-3H3,(H,18,21). The van der Waals surface area contributed by atoms with E-state index in [1.807, 2.05) is 43.4 Å². The molecule has 0 fully saturated rings. The normalized spacial score (nSPS) is 17.1. The van der Waals surface area contributed by atoms with E-state index in [-0.39, 0.29) is 11.9 Å². The zero-order valence-electron chi connectivity index (χ0n) is 13.2. The number of hydrogen-bond acceptors (Lipinski definition) is 3. The molecule has 1 amide bonds. The van der Waals surface area contributed by atoms with Crippen molar-refractivity contribution in [3.05, 3.63) is 46.8 Å². The number of amides is 1. The molecule has 0 saturated heterocycles. The van der Waals surface area contributed by atoms with Crippen LogP contribution in [0.1, 0.15) is 35.0 Å². The lowest BCUT2D eigenvalue weighted by molar-refractivity contribution is -0.121. The zero-order chi connectivity index (χ0) is 15.7. The van der Waals surface area contributed by atoms with Crippen molar-refractivity contribution in [3.63, 3.8) is 0 Å². The molecule has 1 atom stereocenters. The van der Waals surface area contributed by atoms with Crippen molar-refractivity contribution in [2.24, 2.45) is 7.05 Å². The van der Waals surface area contributed by atoms with Gasteiger partial charge in [-0.05, 0) is 31.9 Å². The van der Waals surface area contributed by atoms with E-state index >= 15 is 0 Å². The van der Waals surface area contributed by atoms with Crippen LogP contribution in [0.3, 0.4) is 0 Å². The summed E-state index contributed by atoms with van der Waals surface area (Å²) in [7, 11) is 1.92. The van der Waals surface area contributed by atoms with Gasteiger partial charge in [-0.15, -0.1) is 11.8 Å². The number of hydrogen-bond donors (Lipinski definition) is 1. The maximum Gasteiger partial charge on any atom is 0.225 e. The maximum atomic E-state index is 12.4. The van der Waals surface area contributed by atoms with Crippen LogP contribution in [0.4, 0.5) is 0 Å². The Balaban J connectivity index is 1.73. The molecule has 0 radical (unpaired) electrons.